The maximum Gasteiger partial charge on any atom is 0.261 e. The van der Waals surface area contributed by atoms with Crippen molar-refractivity contribution in [1.82, 2.24) is 4.90 Å². The molecule has 1 heterocycles. The number of nitrogens with one attached hydrogen (secondary N) is 1. The van der Waals surface area contributed by atoms with Gasteiger partial charge in [-0.2, -0.15) is 0 Å². The number of anilines is 1. The Morgan fingerprint density at radius 1 is 1.14 bits per heavy atom. The molecule has 1 aliphatic heterocycles. The van der Waals surface area contributed by atoms with Crippen LogP contribution in [0.15, 0.2) is 30.4 Å². The molecule has 0 saturated heterocycles. The number of allylic oxidation sites excluding steroid dienone is 2. The first-order valence-electron chi connectivity index (χ1n) is 7.50. The molecule has 22 heavy (non-hydrogen) atoms. The summed E-state index contributed by atoms with van der Waals surface area (Å²) >= 11 is 0. The molecule has 0 spiro atoms. The topological polar surface area (TPSA) is 66.5 Å². The van der Waals surface area contributed by atoms with Crippen molar-refractivity contribution in [3.63, 3.8) is 0 Å². The lowest BCUT2D eigenvalue weighted by Crippen LogP contribution is -2.26. The van der Waals surface area contributed by atoms with Crippen molar-refractivity contribution in [1.29, 1.82) is 0 Å². The number of rotatable bonds is 2. The van der Waals surface area contributed by atoms with Gasteiger partial charge in [0.15, 0.2) is 0 Å². The lowest BCUT2D eigenvalue weighted by molar-refractivity contribution is -0.120. The highest BCUT2D eigenvalue weighted by Crippen LogP contribution is 2.43. The first kappa shape index (κ1) is 13.2. The van der Waals surface area contributed by atoms with E-state index in [0.717, 1.165) is 17.7 Å². The molecule has 2 aliphatic carbocycles. The lowest BCUT2D eigenvalue weighted by atomic mass is 9.92. The molecule has 3 aliphatic rings. The van der Waals surface area contributed by atoms with Crippen LogP contribution >= 0.6 is 0 Å². The molecule has 1 aromatic rings. The predicted molar refractivity (Wildman–Crippen MR) is 80.3 cm³/mol. The van der Waals surface area contributed by atoms with Crippen LogP contribution in [0, 0.1) is 17.8 Å². The number of amides is 3. The van der Waals surface area contributed by atoms with E-state index in [1.807, 2.05) is 0 Å². The zero-order chi connectivity index (χ0) is 15.4. The van der Waals surface area contributed by atoms with Gasteiger partial charge in [-0.05, 0) is 42.9 Å². The molecule has 5 heteroatoms. The molecule has 1 aromatic carbocycles. The van der Waals surface area contributed by atoms with Crippen molar-refractivity contribution in [3.05, 3.63) is 41.5 Å². The lowest BCUT2D eigenvalue weighted by Gasteiger charge is -2.17. The van der Waals surface area contributed by atoms with E-state index in [4.69, 9.17) is 0 Å². The highest BCUT2D eigenvalue weighted by molar-refractivity contribution is 6.21. The van der Waals surface area contributed by atoms with Gasteiger partial charge in [-0.25, -0.2) is 0 Å². The van der Waals surface area contributed by atoms with Crippen molar-refractivity contribution >= 4 is 23.4 Å². The van der Waals surface area contributed by atoms with E-state index in [-0.39, 0.29) is 23.6 Å². The fourth-order valence-corrected chi connectivity index (χ4v) is 3.76. The summed E-state index contributed by atoms with van der Waals surface area (Å²) in [6.45, 7) is 0. The summed E-state index contributed by atoms with van der Waals surface area (Å²) in [5.41, 5.74) is 1.33. The van der Waals surface area contributed by atoms with Gasteiger partial charge in [-0.1, -0.05) is 12.2 Å². The van der Waals surface area contributed by atoms with Crippen LogP contribution in [-0.2, 0) is 4.79 Å². The summed E-state index contributed by atoms with van der Waals surface area (Å²) in [5, 5.41) is 2.89. The van der Waals surface area contributed by atoms with Crippen LogP contribution in [0.3, 0.4) is 0 Å². The number of hydrogen-bond acceptors (Lipinski definition) is 3. The fourth-order valence-electron chi connectivity index (χ4n) is 3.76. The molecule has 3 atom stereocenters. The zero-order valence-electron chi connectivity index (χ0n) is 12.2. The minimum absolute atomic E-state index is 0.00178. The van der Waals surface area contributed by atoms with Crippen LogP contribution in [0.2, 0.25) is 0 Å². The first-order valence-corrected chi connectivity index (χ1v) is 7.50. The van der Waals surface area contributed by atoms with Crippen LogP contribution in [0.5, 0.6) is 0 Å². The highest BCUT2D eigenvalue weighted by Gasteiger charge is 2.40. The minimum atomic E-state index is -0.320. The van der Waals surface area contributed by atoms with Crippen LogP contribution in [0.1, 0.15) is 33.6 Å². The molecule has 2 bridgehead atoms. The fraction of sp³-hybridized carbons (Fsp3) is 0.353. The van der Waals surface area contributed by atoms with Crippen molar-refractivity contribution < 1.29 is 14.4 Å². The average molecular weight is 296 g/mol. The molecule has 112 valence electrons. The van der Waals surface area contributed by atoms with Gasteiger partial charge in [-0.3, -0.25) is 19.3 Å². The molecule has 1 saturated carbocycles. The highest BCUT2D eigenvalue weighted by atomic mass is 16.2. The first-order chi connectivity index (χ1) is 10.5. The maximum absolute atomic E-state index is 12.4. The molecule has 0 radical (unpaired) electrons. The Hall–Kier alpha value is -2.43. The van der Waals surface area contributed by atoms with Gasteiger partial charge in [0.05, 0.1) is 11.1 Å². The summed E-state index contributed by atoms with van der Waals surface area (Å²) in [5.74, 6) is 0.280. The van der Waals surface area contributed by atoms with Crippen LogP contribution in [-0.4, -0.2) is 29.7 Å². The monoisotopic (exact) mass is 296 g/mol. The SMILES string of the molecule is CN1C(=O)c2ccc(NC(=O)[C@@H]3C[C@H]4C=C[C@H]3C4)cc2C1=O. The average Bonchev–Trinajstić information content (AvgIpc) is 3.19. The van der Waals surface area contributed by atoms with Crippen molar-refractivity contribution in [2.24, 2.45) is 17.8 Å². The number of hydrogen-bond donors (Lipinski definition) is 1. The van der Waals surface area contributed by atoms with Crippen molar-refractivity contribution in [2.45, 2.75) is 12.8 Å². The van der Waals surface area contributed by atoms with Gasteiger partial charge in [0.2, 0.25) is 5.91 Å². The quantitative estimate of drug-likeness (QED) is 0.671. The summed E-state index contributed by atoms with van der Waals surface area (Å²) in [7, 11) is 1.46. The summed E-state index contributed by atoms with van der Waals surface area (Å²) in [4.78, 5) is 37.3. The molecule has 3 amide bonds. The van der Waals surface area contributed by atoms with Crippen LogP contribution in [0.25, 0.3) is 0 Å². The van der Waals surface area contributed by atoms with Gasteiger partial charge in [0.1, 0.15) is 0 Å². The molecule has 0 aromatic heterocycles. The van der Waals surface area contributed by atoms with Gasteiger partial charge < -0.3 is 5.32 Å². The Labute approximate surface area is 128 Å². The van der Waals surface area contributed by atoms with Crippen LogP contribution < -0.4 is 5.32 Å². The second kappa shape index (κ2) is 4.53. The molecule has 5 nitrogen and oxygen atoms in total. The Morgan fingerprint density at radius 2 is 1.91 bits per heavy atom. The standard InChI is InChI=1S/C17H16N2O3/c1-19-16(21)12-5-4-11(8-14(12)17(19)22)18-15(20)13-7-9-2-3-10(13)6-9/h2-5,8-10,13H,6-7H2,1H3,(H,18,20)/t9-,10-,13+/m0/s1. The van der Waals surface area contributed by atoms with E-state index in [9.17, 15) is 14.4 Å². The van der Waals surface area contributed by atoms with E-state index >= 15 is 0 Å². The molecule has 4 rings (SSSR count). The number of carbonyl (C=O) groups excluding carboxylic acids is 3. The third-order valence-electron chi connectivity index (χ3n) is 4.97. The smallest absolute Gasteiger partial charge is 0.261 e. The van der Waals surface area contributed by atoms with Gasteiger partial charge in [0.25, 0.3) is 11.8 Å². The third-order valence-corrected chi connectivity index (χ3v) is 4.97. The number of nitrogens with zero attached hydrogens (tertiary/aromatic N) is 1. The summed E-state index contributed by atoms with van der Waals surface area (Å²) in [6.07, 6.45) is 6.31. The summed E-state index contributed by atoms with van der Waals surface area (Å²) in [6, 6.07) is 4.89. The van der Waals surface area contributed by atoms with E-state index in [1.165, 1.54) is 7.05 Å². The van der Waals surface area contributed by atoms with Gasteiger partial charge in [0, 0.05) is 18.7 Å². The van der Waals surface area contributed by atoms with E-state index < -0.39 is 0 Å². The van der Waals surface area contributed by atoms with Crippen LogP contribution in [0.4, 0.5) is 5.69 Å². The predicted octanol–water partition coefficient (Wildman–Crippen LogP) is 2.06. The van der Waals surface area contributed by atoms with Crippen molar-refractivity contribution in [2.75, 3.05) is 12.4 Å². The molecule has 1 N–H and O–H groups in total. The maximum atomic E-state index is 12.4. The van der Waals surface area contributed by atoms with E-state index in [1.54, 1.807) is 18.2 Å². The third kappa shape index (κ3) is 1.81. The summed E-state index contributed by atoms with van der Waals surface area (Å²) < 4.78 is 0. The number of fused-ring (bicyclic) bond motifs is 3. The second-order valence-electron chi connectivity index (χ2n) is 6.31. The van der Waals surface area contributed by atoms with Gasteiger partial charge >= 0.3 is 0 Å². The number of benzene rings is 1. The second-order valence-corrected chi connectivity index (χ2v) is 6.31. The Morgan fingerprint density at radius 3 is 2.59 bits per heavy atom. The van der Waals surface area contributed by atoms with Crippen molar-refractivity contribution in [3.8, 4) is 0 Å². The molecule has 0 unspecified atom stereocenters. The molecule has 1 fully saturated rings. The molecular formula is C17H16N2O3. The Bertz CT molecular complexity index is 737. The Kier molecular flexibility index (Phi) is 2.73. The normalized spacial score (nSPS) is 28.4. The minimum Gasteiger partial charge on any atom is -0.326 e. The molecular weight excluding hydrogens is 280 g/mol. The van der Waals surface area contributed by atoms with E-state index in [0.29, 0.717) is 28.7 Å². The van der Waals surface area contributed by atoms with Gasteiger partial charge in [-0.15, -0.1) is 0 Å². The number of carbonyl (C=O) groups is 3. The largest absolute Gasteiger partial charge is 0.326 e. The number of imide groups is 1. The zero-order valence-corrected chi connectivity index (χ0v) is 12.2. The Balaban J connectivity index is 1.55. The van der Waals surface area contributed by atoms with E-state index in [2.05, 4.69) is 17.5 Å².